The van der Waals surface area contributed by atoms with E-state index in [0.29, 0.717) is 28.5 Å². The highest BCUT2D eigenvalue weighted by atomic mass is 32.2. The van der Waals surface area contributed by atoms with Gasteiger partial charge < -0.3 is 4.55 Å². The average Bonchev–Trinajstić information content (AvgIpc) is 2.59. The van der Waals surface area contributed by atoms with Crippen molar-refractivity contribution in [2.24, 2.45) is 7.05 Å². The molecule has 2 rings (SSSR count). The fourth-order valence-corrected chi connectivity index (χ4v) is 3.88. The monoisotopic (exact) mass is 397 g/mol. The van der Waals surface area contributed by atoms with Gasteiger partial charge in [0.15, 0.2) is 12.1 Å². The molecule has 1 aromatic carbocycles. The Morgan fingerprint density at radius 3 is 2.31 bits per heavy atom. The summed E-state index contributed by atoms with van der Waals surface area (Å²) in [4.78, 5) is 10.7. The van der Waals surface area contributed by atoms with Crippen molar-refractivity contribution >= 4 is 32.1 Å². The standard InChI is InChI=1S/C16H15NO7S2/c1-12(14-5-3-13(10-18)4-6-14)15-7-8-17(2)16(9-15)26(22,23)24-11-25(19,20)21/h3-10H,1,11H2,2H3. The molecule has 0 aliphatic rings. The van der Waals surface area contributed by atoms with Gasteiger partial charge in [0.1, 0.15) is 23.5 Å². The van der Waals surface area contributed by atoms with Crippen molar-refractivity contribution < 1.29 is 34.9 Å². The molecule has 10 heteroatoms. The summed E-state index contributed by atoms with van der Waals surface area (Å²) in [5.41, 5.74) is 2.07. The maximum atomic E-state index is 12.2. The van der Waals surface area contributed by atoms with Crippen LogP contribution in [0, 0.1) is 0 Å². The minimum atomic E-state index is -4.86. The second-order valence-electron chi connectivity index (χ2n) is 5.33. The van der Waals surface area contributed by atoms with Crippen LogP contribution in [-0.4, -0.2) is 33.6 Å². The Kier molecular flexibility index (Phi) is 5.71. The first kappa shape index (κ1) is 19.9. The van der Waals surface area contributed by atoms with E-state index in [-0.39, 0.29) is 5.03 Å². The SMILES string of the molecule is C=C(c1ccc(C=O)cc1)c1cc[n+](C)c(S(=O)(=O)OCS(=O)(=O)[O-])c1. The Morgan fingerprint density at radius 1 is 1.15 bits per heavy atom. The molecule has 0 saturated heterocycles. The van der Waals surface area contributed by atoms with Gasteiger partial charge in [-0.2, -0.15) is 13.0 Å². The third-order valence-corrected chi connectivity index (χ3v) is 5.35. The summed E-state index contributed by atoms with van der Waals surface area (Å²) in [7, 11) is -7.91. The van der Waals surface area contributed by atoms with Crippen molar-refractivity contribution in [3.63, 3.8) is 0 Å². The van der Waals surface area contributed by atoms with Crippen LogP contribution in [0.15, 0.2) is 54.2 Å². The number of aryl methyl sites for hydroxylation is 1. The van der Waals surface area contributed by atoms with E-state index in [1.54, 1.807) is 30.3 Å². The van der Waals surface area contributed by atoms with Crippen LogP contribution < -0.4 is 4.57 Å². The van der Waals surface area contributed by atoms with Gasteiger partial charge in [-0.25, -0.2) is 12.6 Å². The average molecular weight is 397 g/mol. The van der Waals surface area contributed by atoms with Crippen molar-refractivity contribution in [2.75, 3.05) is 5.94 Å². The lowest BCUT2D eigenvalue weighted by Gasteiger charge is -2.09. The van der Waals surface area contributed by atoms with Gasteiger partial charge in [-0.1, -0.05) is 30.8 Å². The summed E-state index contributed by atoms with van der Waals surface area (Å²) in [6.07, 6.45) is 2.13. The fourth-order valence-electron chi connectivity index (χ4n) is 2.10. The summed E-state index contributed by atoms with van der Waals surface area (Å²) < 4.78 is 61.7. The molecule has 0 radical (unpaired) electrons. The normalized spacial score (nSPS) is 11.9. The zero-order valence-electron chi connectivity index (χ0n) is 13.7. The van der Waals surface area contributed by atoms with Crippen LogP contribution in [0.3, 0.4) is 0 Å². The predicted molar refractivity (Wildman–Crippen MR) is 90.4 cm³/mol. The highest BCUT2D eigenvalue weighted by Crippen LogP contribution is 2.23. The topological polar surface area (TPSA) is 122 Å². The van der Waals surface area contributed by atoms with E-state index in [9.17, 15) is 26.2 Å². The molecule has 0 amide bonds. The van der Waals surface area contributed by atoms with Gasteiger partial charge in [0.25, 0.3) is 0 Å². The van der Waals surface area contributed by atoms with Gasteiger partial charge >= 0.3 is 15.1 Å². The van der Waals surface area contributed by atoms with Crippen LogP contribution in [0.2, 0.25) is 0 Å². The first-order chi connectivity index (χ1) is 12.0. The van der Waals surface area contributed by atoms with Gasteiger partial charge in [0, 0.05) is 17.7 Å². The summed E-state index contributed by atoms with van der Waals surface area (Å²) >= 11 is 0. The predicted octanol–water partition coefficient (Wildman–Crippen LogP) is 0.593. The van der Waals surface area contributed by atoms with Gasteiger partial charge in [-0.05, 0) is 16.7 Å². The van der Waals surface area contributed by atoms with E-state index in [1.807, 2.05) is 0 Å². The minimum absolute atomic E-state index is 0.343. The molecule has 0 aliphatic carbocycles. The van der Waals surface area contributed by atoms with Crippen molar-refractivity contribution in [1.29, 1.82) is 0 Å². The molecule has 0 N–H and O–H groups in total. The second-order valence-corrected chi connectivity index (χ2v) is 8.24. The third-order valence-electron chi connectivity index (χ3n) is 3.45. The Labute approximate surface area is 151 Å². The lowest BCUT2D eigenvalue weighted by molar-refractivity contribution is -0.710. The molecule has 0 atom stereocenters. The number of carbonyl (C=O) groups excluding carboxylic acids is 1. The number of nitrogens with zero attached hydrogens (tertiary/aromatic N) is 1. The van der Waals surface area contributed by atoms with Crippen LogP contribution >= 0.6 is 0 Å². The highest BCUT2D eigenvalue weighted by molar-refractivity contribution is 7.89. The van der Waals surface area contributed by atoms with E-state index in [0.717, 1.165) is 0 Å². The molecule has 138 valence electrons. The van der Waals surface area contributed by atoms with E-state index in [2.05, 4.69) is 10.8 Å². The largest absolute Gasteiger partial charge is 0.746 e. The van der Waals surface area contributed by atoms with Crippen LogP contribution in [-0.2, 0) is 31.5 Å². The zero-order chi connectivity index (χ0) is 19.5. The van der Waals surface area contributed by atoms with Gasteiger partial charge in [0.2, 0.25) is 0 Å². The number of carbonyl (C=O) groups is 1. The summed E-state index contributed by atoms with van der Waals surface area (Å²) in [5.74, 6) is -1.49. The minimum Gasteiger partial charge on any atom is -0.746 e. The molecule has 0 aliphatic heterocycles. The van der Waals surface area contributed by atoms with Crippen LogP contribution in [0.25, 0.3) is 5.57 Å². The zero-order valence-corrected chi connectivity index (χ0v) is 15.3. The second kappa shape index (κ2) is 7.46. The molecule has 2 aromatic rings. The molecule has 0 bridgehead atoms. The number of aldehydes is 1. The smallest absolute Gasteiger partial charge is 0.358 e. The Morgan fingerprint density at radius 2 is 1.77 bits per heavy atom. The van der Waals surface area contributed by atoms with Gasteiger partial charge in [-0.3, -0.25) is 4.79 Å². The first-order valence-corrected chi connectivity index (χ1v) is 10.1. The van der Waals surface area contributed by atoms with Crippen molar-refractivity contribution in [2.45, 2.75) is 5.03 Å². The molecule has 0 saturated carbocycles. The van der Waals surface area contributed by atoms with Crippen molar-refractivity contribution in [3.8, 4) is 0 Å². The quantitative estimate of drug-likeness (QED) is 0.290. The molecule has 1 aromatic heterocycles. The molecule has 0 spiro atoms. The molecule has 26 heavy (non-hydrogen) atoms. The molecule has 0 unspecified atom stereocenters. The summed E-state index contributed by atoms with van der Waals surface area (Å²) in [6, 6.07) is 9.37. The fraction of sp³-hybridized carbons (Fsp3) is 0.125. The first-order valence-electron chi connectivity index (χ1n) is 7.11. The number of pyridine rings is 1. The molecule has 1 heterocycles. The summed E-state index contributed by atoms with van der Waals surface area (Å²) in [6.45, 7) is 3.91. The maximum absolute atomic E-state index is 12.2. The maximum Gasteiger partial charge on any atom is 0.358 e. The number of benzene rings is 1. The van der Waals surface area contributed by atoms with Crippen LogP contribution in [0.5, 0.6) is 0 Å². The molecular weight excluding hydrogens is 382 g/mol. The Hall–Kier alpha value is -2.40. The number of rotatable bonds is 7. The number of aromatic nitrogens is 1. The molecule has 0 fully saturated rings. The molecule has 8 nitrogen and oxygen atoms in total. The van der Waals surface area contributed by atoms with Gasteiger partial charge in [-0.15, -0.1) is 0 Å². The highest BCUT2D eigenvalue weighted by Gasteiger charge is 2.27. The van der Waals surface area contributed by atoms with Crippen LogP contribution in [0.4, 0.5) is 0 Å². The number of hydrogen-bond donors (Lipinski definition) is 0. The van der Waals surface area contributed by atoms with E-state index < -0.39 is 26.2 Å². The Balaban J connectivity index is 2.39. The third kappa shape index (κ3) is 4.82. The number of hydrogen-bond acceptors (Lipinski definition) is 7. The van der Waals surface area contributed by atoms with Crippen LogP contribution in [0.1, 0.15) is 21.5 Å². The van der Waals surface area contributed by atoms with E-state index >= 15 is 0 Å². The van der Waals surface area contributed by atoms with E-state index in [1.165, 1.54) is 23.9 Å². The van der Waals surface area contributed by atoms with Gasteiger partial charge in [0.05, 0.1) is 0 Å². The summed E-state index contributed by atoms with van der Waals surface area (Å²) in [5, 5.41) is -0.343. The van der Waals surface area contributed by atoms with E-state index in [4.69, 9.17) is 0 Å². The molecular formula is C16H15NO7S2. The lowest BCUT2D eigenvalue weighted by atomic mass is 10.00. The van der Waals surface area contributed by atoms with Crippen molar-refractivity contribution in [1.82, 2.24) is 0 Å². The Bertz CT molecular complexity index is 1060. The van der Waals surface area contributed by atoms with Crippen molar-refractivity contribution in [3.05, 3.63) is 65.9 Å². The lowest BCUT2D eigenvalue weighted by Crippen LogP contribution is -2.36.